The molecular weight excluding hydrogens is 304 g/mol. The van der Waals surface area contributed by atoms with E-state index in [1.807, 2.05) is 17.8 Å². The lowest BCUT2D eigenvalue weighted by atomic mass is 9.78. The van der Waals surface area contributed by atoms with Gasteiger partial charge in [0.1, 0.15) is 0 Å². The van der Waals surface area contributed by atoms with Crippen molar-refractivity contribution < 1.29 is 9.59 Å². The molecule has 2 atom stereocenters. The van der Waals surface area contributed by atoms with Crippen molar-refractivity contribution in [3.05, 3.63) is 18.0 Å². The highest BCUT2D eigenvalue weighted by molar-refractivity contribution is 5.87. The monoisotopic (exact) mass is 334 g/mol. The van der Waals surface area contributed by atoms with Gasteiger partial charge >= 0.3 is 0 Å². The summed E-state index contributed by atoms with van der Waals surface area (Å²) in [6.45, 7) is 6.00. The van der Waals surface area contributed by atoms with Gasteiger partial charge in [-0.25, -0.2) is 0 Å². The summed E-state index contributed by atoms with van der Waals surface area (Å²) in [6.07, 6.45) is 9.47. The summed E-state index contributed by atoms with van der Waals surface area (Å²) < 4.78 is 1.82. The molecule has 24 heavy (non-hydrogen) atoms. The van der Waals surface area contributed by atoms with Crippen molar-refractivity contribution in [3.63, 3.8) is 0 Å². The summed E-state index contributed by atoms with van der Waals surface area (Å²) >= 11 is 0. The van der Waals surface area contributed by atoms with E-state index in [-0.39, 0.29) is 23.7 Å². The van der Waals surface area contributed by atoms with Crippen molar-refractivity contribution in [1.29, 1.82) is 0 Å². The van der Waals surface area contributed by atoms with Gasteiger partial charge in [-0.3, -0.25) is 14.3 Å². The minimum absolute atomic E-state index is 0.00854. The summed E-state index contributed by atoms with van der Waals surface area (Å²) in [5.74, 6) is -0.317. The molecule has 0 unspecified atom stereocenters. The van der Waals surface area contributed by atoms with Crippen LogP contribution in [0.5, 0.6) is 0 Å². The highest BCUT2D eigenvalue weighted by Gasteiger charge is 2.35. The van der Waals surface area contributed by atoms with Gasteiger partial charge in [0.05, 0.1) is 12.7 Å². The summed E-state index contributed by atoms with van der Waals surface area (Å²) in [6, 6.07) is 0. The molecule has 1 saturated carbocycles. The van der Waals surface area contributed by atoms with Gasteiger partial charge in [0.15, 0.2) is 0 Å². The number of carbonyl (C=O) groups is 2. The Morgan fingerprint density at radius 2 is 1.79 bits per heavy atom. The molecule has 1 aliphatic rings. The van der Waals surface area contributed by atoms with Crippen molar-refractivity contribution >= 4 is 11.8 Å². The Hall–Kier alpha value is -1.85. The number of rotatable bonds is 8. The van der Waals surface area contributed by atoms with Gasteiger partial charge < -0.3 is 10.6 Å². The molecule has 134 valence electrons. The smallest absolute Gasteiger partial charge is 0.223 e. The molecule has 2 rings (SSSR count). The predicted molar refractivity (Wildman–Crippen MR) is 93.3 cm³/mol. The Bertz CT molecular complexity index is 541. The number of hydrogen-bond donors (Lipinski definition) is 2. The van der Waals surface area contributed by atoms with Crippen LogP contribution < -0.4 is 10.6 Å². The number of aryl methyl sites for hydroxylation is 1. The van der Waals surface area contributed by atoms with Crippen molar-refractivity contribution in [1.82, 2.24) is 20.4 Å². The first-order valence-corrected chi connectivity index (χ1v) is 9.16. The van der Waals surface area contributed by atoms with Gasteiger partial charge in [0.25, 0.3) is 0 Å². The third-order valence-electron chi connectivity index (χ3n) is 4.67. The second kappa shape index (κ2) is 9.45. The Morgan fingerprint density at radius 1 is 1.17 bits per heavy atom. The van der Waals surface area contributed by atoms with E-state index in [4.69, 9.17) is 0 Å². The average molecular weight is 334 g/mol. The molecule has 0 spiro atoms. The maximum absolute atomic E-state index is 12.5. The van der Waals surface area contributed by atoms with Gasteiger partial charge in [-0.2, -0.15) is 5.10 Å². The van der Waals surface area contributed by atoms with Crippen LogP contribution in [0.4, 0.5) is 0 Å². The SMILES string of the molecule is CCCCNC(=O)[C@@H]1CCCC[C@@H]1C(=O)NCCn1cc(C)cn1. The first kappa shape index (κ1) is 18.5. The lowest BCUT2D eigenvalue weighted by Gasteiger charge is -2.29. The molecule has 1 heterocycles. The molecule has 0 aliphatic heterocycles. The number of amides is 2. The molecule has 0 bridgehead atoms. The maximum Gasteiger partial charge on any atom is 0.223 e. The van der Waals surface area contributed by atoms with Crippen LogP contribution in [0, 0.1) is 18.8 Å². The molecule has 2 amide bonds. The molecule has 6 heteroatoms. The minimum atomic E-state index is -0.195. The van der Waals surface area contributed by atoms with E-state index in [9.17, 15) is 9.59 Å². The van der Waals surface area contributed by atoms with Crippen molar-refractivity contribution in [2.45, 2.75) is 58.9 Å². The highest BCUT2D eigenvalue weighted by atomic mass is 16.2. The Balaban J connectivity index is 1.81. The first-order valence-electron chi connectivity index (χ1n) is 9.16. The molecule has 0 radical (unpaired) electrons. The molecule has 1 aliphatic carbocycles. The van der Waals surface area contributed by atoms with E-state index in [1.54, 1.807) is 6.20 Å². The molecule has 0 saturated heterocycles. The summed E-state index contributed by atoms with van der Waals surface area (Å²) in [4.78, 5) is 24.9. The molecule has 1 aromatic rings. The van der Waals surface area contributed by atoms with Crippen LogP contribution in [0.15, 0.2) is 12.4 Å². The number of aromatic nitrogens is 2. The predicted octanol–water partition coefficient (Wildman–Crippen LogP) is 2.03. The number of hydrogen-bond acceptors (Lipinski definition) is 3. The lowest BCUT2D eigenvalue weighted by molar-refractivity contribution is -0.136. The Labute approximate surface area is 144 Å². The van der Waals surface area contributed by atoms with Crippen LogP contribution in [0.1, 0.15) is 51.0 Å². The second-order valence-electron chi connectivity index (χ2n) is 6.71. The van der Waals surface area contributed by atoms with Gasteiger partial charge in [-0.15, -0.1) is 0 Å². The lowest BCUT2D eigenvalue weighted by Crippen LogP contribution is -2.44. The van der Waals surface area contributed by atoms with Gasteiger partial charge in [-0.1, -0.05) is 26.2 Å². The zero-order valence-electron chi connectivity index (χ0n) is 14.9. The third-order valence-corrected chi connectivity index (χ3v) is 4.67. The third kappa shape index (κ3) is 5.35. The number of unbranched alkanes of at least 4 members (excludes halogenated alkanes) is 1. The van der Waals surface area contributed by atoms with Crippen molar-refractivity contribution in [2.24, 2.45) is 11.8 Å². The van der Waals surface area contributed by atoms with E-state index in [1.165, 1.54) is 0 Å². The highest BCUT2D eigenvalue weighted by Crippen LogP contribution is 2.30. The fraction of sp³-hybridized carbons (Fsp3) is 0.722. The maximum atomic E-state index is 12.5. The van der Waals surface area contributed by atoms with Crippen LogP contribution in [0.3, 0.4) is 0 Å². The normalized spacial score (nSPS) is 20.6. The van der Waals surface area contributed by atoms with E-state index >= 15 is 0 Å². The number of nitrogens with one attached hydrogen (secondary N) is 2. The molecule has 0 aromatic carbocycles. The van der Waals surface area contributed by atoms with Crippen molar-refractivity contribution in [2.75, 3.05) is 13.1 Å². The van der Waals surface area contributed by atoms with E-state index in [0.717, 1.165) is 44.1 Å². The quantitative estimate of drug-likeness (QED) is 0.714. The molecule has 2 N–H and O–H groups in total. The average Bonchev–Trinajstić information content (AvgIpc) is 3.00. The van der Waals surface area contributed by atoms with Gasteiger partial charge in [-0.05, 0) is 31.7 Å². The summed E-state index contributed by atoms with van der Waals surface area (Å²) in [5.41, 5.74) is 1.11. The number of carbonyl (C=O) groups excluding carboxylic acids is 2. The first-order chi connectivity index (χ1) is 11.6. The zero-order valence-corrected chi connectivity index (χ0v) is 14.9. The summed E-state index contributed by atoms with van der Waals surface area (Å²) in [5, 5.41) is 10.2. The standard InChI is InChI=1S/C18H30N4O2/c1-3-4-9-19-17(23)15-7-5-6-8-16(15)18(24)20-10-11-22-13-14(2)12-21-22/h12-13,15-16H,3-11H2,1-2H3,(H,19,23)(H,20,24)/t15-,16+/m1/s1. The van der Waals surface area contributed by atoms with Crippen LogP contribution in [0.25, 0.3) is 0 Å². The summed E-state index contributed by atoms with van der Waals surface area (Å²) in [7, 11) is 0. The topological polar surface area (TPSA) is 76.0 Å². The fourth-order valence-corrected chi connectivity index (χ4v) is 3.29. The van der Waals surface area contributed by atoms with E-state index in [2.05, 4.69) is 22.7 Å². The van der Waals surface area contributed by atoms with Crippen LogP contribution in [-0.2, 0) is 16.1 Å². The van der Waals surface area contributed by atoms with Crippen molar-refractivity contribution in [3.8, 4) is 0 Å². The number of nitrogens with zero attached hydrogens (tertiary/aromatic N) is 2. The molecule has 1 fully saturated rings. The fourth-order valence-electron chi connectivity index (χ4n) is 3.29. The van der Waals surface area contributed by atoms with Crippen LogP contribution >= 0.6 is 0 Å². The zero-order chi connectivity index (χ0) is 17.4. The Kier molecular flexibility index (Phi) is 7.28. The Morgan fingerprint density at radius 3 is 2.33 bits per heavy atom. The molecule has 1 aromatic heterocycles. The molecule has 6 nitrogen and oxygen atoms in total. The minimum Gasteiger partial charge on any atom is -0.356 e. The van der Waals surface area contributed by atoms with Gasteiger partial charge in [0.2, 0.25) is 11.8 Å². The van der Waals surface area contributed by atoms with E-state index < -0.39 is 0 Å². The largest absolute Gasteiger partial charge is 0.356 e. The van der Waals surface area contributed by atoms with Crippen LogP contribution in [-0.4, -0.2) is 34.7 Å². The van der Waals surface area contributed by atoms with Gasteiger partial charge in [0, 0.05) is 31.1 Å². The van der Waals surface area contributed by atoms with E-state index in [0.29, 0.717) is 19.6 Å². The van der Waals surface area contributed by atoms with Crippen LogP contribution in [0.2, 0.25) is 0 Å². The second-order valence-corrected chi connectivity index (χ2v) is 6.71. The molecular formula is C18H30N4O2.